The van der Waals surface area contributed by atoms with Crippen LogP contribution < -0.4 is 10.6 Å². The van der Waals surface area contributed by atoms with Crippen molar-refractivity contribution in [2.24, 2.45) is 0 Å². The number of halogens is 3. The quantitative estimate of drug-likeness (QED) is 0.611. The fourth-order valence-electron chi connectivity index (χ4n) is 2.27. The predicted octanol–water partition coefficient (Wildman–Crippen LogP) is 3.43. The second-order valence-electron chi connectivity index (χ2n) is 5.78. The fourth-order valence-corrected chi connectivity index (χ4v) is 3.05. The summed E-state index contributed by atoms with van der Waals surface area (Å²) < 4.78 is 45.0. The van der Waals surface area contributed by atoms with Crippen LogP contribution >= 0.6 is 11.3 Å². The molecule has 0 radical (unpaired) electrons. The minimum atomic E-state index is -1.69. The van der Waals surface area contributed by atoms with Crippen molar-refractivity contribution < 1.29 is 27.2 Å². The van der Waals surface area contributed by atoms with E-state index in [0.717, 1.165) is 11.8 Å². The lowest BCUT2D eigenvalue weighted by Crippen LogP contribution is -2.34. The average molecular weight is 409 g/mol. The number of benzene rings is 1. The molecule has 1 aromatic carbocycles. The topological polar surface area (TPSA) is 84.2 Å². The number of thiazole rings is 1. The molecule has 0 spiro atoms. The van der Waals surface area contributed by atoms with Gasteiger partial charge >= 0.3 is 0 Å². The van der Waals surface area contributed by atoms with Gasteiger partial charge < -0.3 is 15.1 Å². The molecule has 2 amide bonds. The van der Waals surface area contributed by atoms with E-state index in [0.29, 0.717) is 22.5 Å². The first kappa shape index (κ1) is 19.6. The third-order valence-corrected chi connectivity index (χ3v) is 4.51. The first-order chi connectivity index (χ1) is 13.3. The summed E-state index contributed by atoms with van der Waals surface area (Å²) in [6.45, 7) is 1.34. The number of aryl methyl sites for hydroxylation is 1. The van der Waals surface area contributed by atoms with Gasteiger partial charge in [0.15, 0.2) is 28.2 Å². The highest BCUT2D eigenvalue weighted by molar-refractivity contribution is 7.13. The smallest absolute Gasteiger partial charge is 0.243 e. The van der Waals surface area contributed by atoms with Crippen molar-refractivity contribution in [1.29, 1.82) is 0 Å². The van der Waals surface area contributed by atoms with Gasteiger partial charge in [0.05, 0.1) is 24.3 Å². The van der Waals surface area contributed by atoms with E-state index in [1.54, 1.807) is 17.5 Å². The lowest BCUT2D eigenvalue weighted by molar-refractivity contribution is -0.123. The maximum absolute atomic E-state index is 13.5. The van der Waals surface area contributed by atoms with Crippen LogP contribution in [0.4, 0.5) is 18.9 Å². The molecule has 0 fully saturated rings. The van der Waals surface area contributed by atoms with Crippen LogP contribution in [0.5, 0.6) is 0 Å². The molecule has 0 saturated carbocycles. The molecule has 2 aromatic heterocycles. The van der Waals surface area contributed by atoms with Crippen LogP contribution in [0.2, 0.25) is 0 Å². The third kappa shape index (κ3) is 4.58. The van der Waals surface area contributed by atoms with E-state index in [2.05, 4.69) is 15.6 Å². The third-order valence-electron chi connectivity index (χ3n) is 3.60. The Hall–Kier alpha value is -3.14. The van der Waals surface area contributed by atoms with Gasteiger partial charge in [0.1, 0.15) is 5.76 Å². The number of anilines is 1. The van der Waals surface area contributed by atoms with Crippen LogP contribution in [0.1, 0.15) is 11.5 Å². The molecule has 0 bridgehead atoms. The zero-order chi connectivity index (χ0) is 20.3. The van der Waals surface area contributed by atoms with E-state index >= 15 is 0 Å². The van der Waals surface area contributed by atoms with Gasteiger partial charge in [-0.25, -0.2) is 18.2 Å². The molecular weight excluding hydrogens is 395 g/mol. The van der Waals surface area contributed by atoms with Crippen molar-refractivity contribution in [2.75, 3.05) is 11.9 Å². The van der Waals surface area contributed by atoms with Crippen LogP contribution in [0.15, 0.2) is 34.1 Å². The van der Waals surface area contributed by atoms with E-state index in [-0.39, 0.29) is 6.42 Å². The second kappa shape index (κ2) is 8.26. The van der Waals surface area contributed by atoms with Gasteiger partial charge in [-0.05, 0) is 31.2 Å². The number of nitrogens with one attached hydrogen (secondary N) is 2. The van der Waals surface area contributed by atoms with Crippen molar-refractivity contribution in [3.8, 4) is 10.8 Å². The largest absolute Gasteiger partial charge is 0.459 e. The Balaban J connectivity index is 1.51. The van der Waals surface area contributed by atoms with E-state index in [4.69, 9.17) is 4.42 Å². The molecule has 3 aromatic rings. The summed E-state index contributed by atoms with van der Waals surface area (Å²) in [6, 6.07) is 5.16. The molecule has 0 saturated heterocycles. The number of carbonyl (C=O) groups is 2. The molecule has 2 heterocycles. The molecule has 2 N–H and O–H groups in total. The molecular formula is C18H14F3N3O3S. The number of carbonyl (C=O) groups excluding carboxylic acids is 2. The molecule has 10 heteroatoms. The molecule has 0 aliphatic heterocycles. The Morgan fingerprint density at radius 1 is 1.11 bits per heavy atom. The number of aromatic nitrogens is 1. The van der Waals surface area contributed by atoms with Crippen LogP contribution in [0, 0.1) is 24.4 Å². The summed E-state index contributed by atoms with van der Waals surface area (Å²) in [6.07, 6.45) is -0.0665. The van der Waals surface area contributed by atoms with Gasteiger partial charge in [0, 0.05) is 5.38 Å². The van der Waals surface area contributed by atoms with Crippen LogP contribution in [-0.4, -0.2) is 23.3 Å². The number of nitrogens with zero attached hydrogens (tertiary/aromatic N) is 1. The number of hydrogen-bond donors (Lipinski definition) is 2. The normalized spacial score (nSPS) is 10.7. The minimum absolute atomic E-state index is 0.0665. The van der Waals surface area contributed by atoms with E-state index < -0.39 is 41.5 Å². The van der Waals surface area contributed by atoms with Crippen molar-refractivity contribution in [3.05, 3.63) is 58.6 Å². The van der Waals surface area contributed by atoms with Gasteiger partial charge in [0.2, 0.25) is 11.8 Å². The Labute approximate surface area is 161 Å². The Bertz CT molecular complexity index is 1030. The zero-order valence-corrected chi connectivity index (χ0v) is 15.3. The lowest BCUT2D eigenvalue weighted by Gasteiger charge is -2.08. The highest BCUT2D eigenvalue weighted by Gasteiger charge is 2.16. The molecule has 0 unspecified atom stereocenters. The van der Waals surface area contributed by atoms with Crippen molar-refractivity contribution in [3.63, 3.8) is 0 Å². The Morgan fingerprint density at radius 3 is 2.61 bits per heavy atom. The number of rotatable bonds is 6. The van der Waals surface area contributed by atoms with E-state index in [9.17, 15) is 22.8 Å². The van der Waals surface area contributed by atoms with Gasteiger partial charge in [-0.2, -0.15) is 0 Å². The molecule has 6 nitrogen and oxygen atoms in total. The van der Waals surface area contributed by atoms with Crippen molar-refractivity contribution >= 4 is 28.8 Å². The number of amides is 2. The predicted molar refractivity (Wildman–Crippen MR) is 96.2 cm³/mol. The van der Waals surface area contributed by atoms with E-state index in [1.165, 1.54) is 11.3 Å². The molecule has 0 aliphatic carbocycles. The van der Waals surface area contributed by atoms with Crippen LogP contribution in [0.25, 0.3) is 10.8 Å². The Morgan fingerprint density at radius 2 is 1.89 bits per heavy atom. The van der Waals surface area contributed by atoms with E-state index in [1.807, 2.05) is 6.92 Å². The fraction of sp³-hybridized carbons (Fsp3) is 0.167. The first-order valence-corrected chi connectivity index (χ1v) is 8.92. The lowest BCUT2D eigenvalue weighted by atomic mass is 10.2. The Kier molecular flexibility index (Phi) is 5.78. The van der Waals surface area contributed by atoms with Crippen LogP contribution in [-0.2, 0) is 16.0 Å². The number of hydrogen-bond acceptors (Lipinski definition) is 5. The highest BCUT2D eigenvalue weighted by atomic mass is 32.1. The second-order valence-corrected chi connectivity index (χ2v) is 6.64. The molecule has 28 heavy (non-hydrogen) atoms. The maximum atomic E-state index is 13.5. The van der Waals surface area contributed by atoms with Gasteiger partial charge in [-0.3, -0.25) is 9.59 Å². The van der Waals surface area contributed by atoms with Crippen molar-refractivity contribution in [2.45, 2.75) is 13.3 Å². The van der Waals surface area contributed by atoms with Gasteiger partial charge in [-0.1, -0.05) is 0 Å². The summed E-state index contributed by atoms with van der Waals surface area (Å²) in [7, 11) is 0. The minimum Gasteiger partial charge on any atom is -0.459 e. The average Bonchev–Trinajstić information content (AvgIpc) is 3.29. The summed E-state index contributed by atoms with van der Waals surface area (Å²) in [5, 5.41) is 6.74. The summed E-state index contributed by atoms with van der Waals surface area (Å²) in [4.78, 5) is 28.0. The highest BCUT2D eigenvalue weighted by Crippen LogP contribution is 2.25. The SMILES string of the molecule is Cc1ccc(-c2nc(CC(=O)NCC(=O)Nc3ccc(F)c(F)c3F)cs2)o1. The maximum Gasteiger partial charge on any atom is 0.243 e. The monoisotopic (exact) mass is 409 g/mol. The van der Waals surface area contributed by atoms with Gasteiger partial charge in [-0.15, -0.1) is 11.3 Å². The summed E-state index contributed by atoms with van der Waals surface area (Å²) in [5.41, 5.74) is -0.0188. The van der Waals surface area contributed by atoms with Crippen LogP contribution in [0.3, 0.4) is 0 Å². The molecule has 146 valence electrons. The summed E-state index contributed by atoms with van der Waals surface area (Å²) >= 11 is 1.32. The first-order valence-electron chi connectivity index (χ1n) is 8.04. The standard InChI is InChI=1S/C18H14F3N3O3S/c1-9-2-5-13(27-9)18-23-10(8-28-18)6-14(25)22-7-15(26)24-12-4-3-11(19)16(20)17(12)21/h2-5,8H,6-7H2,1H3,(H,22,25)(H,24,26). The zero-order valence-electron chi connectivity index (χ0n) is 14.5. The molecule has 0 atom stereocenters. The molecule has 3 rings (SSSR count). The summed E-state index contributed by atoms with van der Waals surface area (Å²) in [5.74, 6) is -4.49. The molecule has 0 aliphatic rings. The number of furan rings is 1. The van der Waals surface area contributed by atoms with Gasteiger partial charge in [0.25, 0.3) is 0 Å². The van der Waals surface area contributed by atoms with Crippen molar-refractivity contribution in [1.82, 2.24) is 10.3 Å².